The van der Waals surface area contributed by atoms with Crippen LogP contribution in [0.2, 0.25) is 0 Å². The maximum Gasteiger partial charge on any atom is 0.0534 e. The molecule has 0 amide bonds. The molecule has 4 heteroatoms. The SMILES string of the molecule is Cn1cc(CNCC2CCC(Cl)CC2)cn1. The lowest BCUT2D eigenvalue weighted by Crippen LogP contribution is -2.26. The number of aromatic nitrogens is 2. The van der Waals surface area contributed by atoms with E-state index in [9.17, 15) is 0 Å². The van der Waals surface area contributed by atoms with E-state index >= 15 is 0 Å². The molecule has 90 valence electrons. The van der Waals surface area contributed by atoms with E-state index < -0.39 is 0 Å². The van der Waals surface area contributed by atoms with E-state index in [-0.39, 0.29) is 0 Å². The Labute approximate surface area is 102 Å². The normalized spacial score (nSPS) is 25.9. The molecule has 1 aromatic heterocycles. The molecule has 0 aromatic carbocycles. The van der Waals surface area contributed by atoms with Gasteiger partial charge in [-0.05, 0) is 38.1 Å². The maximum atomic E-state index is 6.08. The van der Waals surface area contributed by atoms with Crippen molar-refractivity contribution in [3.63, 3.8) is 0 Å². The van der Waals surface area contributed by atoms with Crippen molar-refractivity contribution in [2.24, 2.45) is 13.0 Å². The minimum atomic E-state index is 0.426. The van der Waals surface area contributed by atoms with Gasteiger partial charge in [0.15, 0.2) is 0 Å². The van der Waals surface area contributed by atoms with Gasteiger partial charge in [0.1, 0.15) is 0 Å². The molecule has 1 aromatic rings. The summed E-state index contributed by atoms with van der Waals surface area (Å²) in [5.74, 6) is 0.812. The van der Waals surface area contributed by atoms with Gasteiger partial charge in [0.05, 0.1) is 6.20 Å². The smallest absolute Gasteiger partial charge is 0.0534 e. The van der Waals surface area contributed by atoms with E-state index in [1.807, 2.05) is 17.9 Å². The first-order chi connectivity index (χ1) is 7.74. The Kier molecular flexibility index (Phi) is 4.24. The van der Waals surface area contributed by atoms with Crippen LogP contribution in [-0.4, -0.2) is 21.7 Å². The number of alkyl halides is 1. The van der Waals surface area contributed by atoms with Gasteiger partial charge in [0.25, 0.3) is 0 Å². The molecule has 0 aliphatic heterocycles. The first kappa shape index (κ1) is 11.9. The third-order valence-corrected chi connectivity index (χ3v) is 3.73. The van der Waals surface area contributed by atoms with E-state index in [0.29, 0.717) is 5.38 Å². The van der Waals surface area contributed by atoms with Crippen molar-refractivity contribution < 1.29 is 0 Å². The molecule has 0 spiro atoms. The van der Waals surface area contributed by atoms with Gasteiger partial charge in [-0.15, -0.1) is 11.6 Å². The number of nitrogens with zero attached hydrogens (tertiary/aromatic N) is 2. The van der Waals surface area contributed by atoms with E-state index in [0.717, 1.165) is 19.0 Å². The molecule has 3 nitrogen and oxygen atoms in total. The molecule has 1 aliphatic rings. The molecule has 1 aliphatic carbocycles. The molecule has 1 fully saturated rings. The summed E-state index contributed by atoms with van der Waals surface area (Å²) >= 11 is 6.08. The summed E-state index contributed by atoms with van der Waals surface area (Å²) in [6, 6.07) is 0. The van der Waals surface area contributed by atoms with E-state index in [1.165, 1.54) is 31.2 Å². The highest BCUT2D eigenvalue weighted by atomic mass is 35.5. The van der Waals surface area contributed by atoms with Crippen LogP contribution in [-0.2, 0) is 13.6 Å². The van der Waals surface area contributed by atoms with Crippen LogP contribution in [0.5, 0.6) is 0 Å². The van der Waals surface area contributed by atoms with Crippen molar-refractivity contribution in [1.82, 2.24) is 15.1 Å². The Morgan fingerprint density at radius 2 is 2.19 bits per heavy atom. The largest absolute Gasteiger partial charge is 0.312 e. The third kappa shape index (κ3) is 3.49. The van der Waals surface area contributed by atoms with Gasteiger partial charge in [0, 0.05) is 30.7 Å². The van der Waals surface area contributed by atoms with Crippen LogP contribution in [0.1, 0.15) is 31.2 Å². The number of rotatable bonds is 4. The van der Waals surface area contributed by atoms with Crippen molar-refractivity contribution in [3.8, 4) is 0 Å². The fraction of sp³-hybridized carbons (Fsp3) is 0.750. The third-order valence-electron chi connectivity index (χ3n) is 3.30. The predicted octanol–water partition coefficient (Wildman–Crippen LogP) is 2.31. The Balaban J connectivity index is 1.64. The fourth-order valence-electron chi connectivity index (χ4n) is 2.31. The predicted molar refractivity (Wildman–Crippen MR) is 66.5 cm³/mol. The van der Waals surface area contributed by atoms with Crippen LogP contribution in [0.3, 0.4) is 0 Å². The Morgan fingerprint density at radius 1 is 1.44 bits per heavy atom. The van der Waals surface area contributed by atoms with Gasteiger partial charge >= 0.3 is 0 Å². The van der Waals surface area contributed by atoms with Gasteiger partial charge in [0.2, 0.25) is 0 Å². The summed E-state index contributed by atoms with van der Waals surface area (Å²) < 4.78 is 1.84. The second-order valence-corrected chi connectivity index (χ2v) is 5.39. The van der Waals surface area contributed by atoms with Gasteiger partial charge in [-0.3, -0.25) is 4.68 Å². The van der Waals surface area contributed by atoms with E-state index in [1.54, 1.807) is 0 Å². The minimum Gasteiger partial charge on any atom is -0.312 e. The summed E-state index contributed by atoms with van der Waals surface area (Å²) in [5.41, 5.74) is 1.26. The summed E-state index contributed by atoms with van der Waals surface area (Å²) in [5, 5.41) is 8.08. The van der Waals surface area contributed by atoms with Crippen molar-refractivity contribution in [2.75, 3.05) is 6.54 Å². The lowest BCUT2D eigenvalue weighted by atomic mass is 9.89. The number of hydrogen-bond acceptors (Lipinski definition) is 2. The first-order valence-corrected chi connectivity index (χ1v) is 6.50. The summed E-state index contributed by atoms with van der Waals surface area (Å²) in [4.78, 5) is 0. The maximum absolute atomic E-state index is 6.08. The summed E-state index contributed by atoms with van der Waals surface area (Å²) in [6.45, 7) is 2.03. The zero-order chi connectivity index (χ0) is 11.4. The average molecular weight is 242 g/mol. The molecule has 0 atom stereocenters. The van der Waals surface area contributed by atoms with Crippen molar-refractivity contribution in [3.05, 3.63) is 18.0 Å². The van der Waals surface area contributed by atoms with Crippen LogP contribution in [0.4, 0.5) is 0 Å². The molecule has 1 heterocycles. The quantitative estimate of drug-likeness (QED) is 0.820. The molecule has 0 bridgehead atoms. The molecule has 0 saturated heterocycles. The zero-order valence-corrected chi connectivity index (χ0v) is 10.6. The molecular weight excluding hydrogens is 222 g/mol. The van der Waals surface area contributed by atoms with Gasteiger partial charge in [-0.2, -0.15) is 5.10 Å². The van der Waals surface area contributed by atoms with Crippen LogP contribution in [0.15, 0.2) is 12.4 Å². The number of nitrogens with one attached hydrogen (secondary N) is 1. The minimum absolute atomic E-state index is 0.426. The molecule has 0 radical (unpaired) electrons. The van der Waals surface area contributed by atoms with Gasteiger partial charge < -0.3 is 5.32 Å². The van der Waals surface area contributed by atoms with Crippen LogP contribution >= 0.6 is 11.6 Å². The van der Waals surface area contributed by atoms with Crippen molar-refractivity contribution in [2.45, 2.75) is 37.6 Å². The van der Waals surface area contributed by atoms with Crippen LogP contribution < -0.4 is 5.32 Å². The Morgan fingerprint density at radius 3 is 2.81 bits per heavy atom. The second kappa shape index (κ2) is 5.69. The molecule has 2 rings (SSSR count). The monoisotopic (exact) mass is 241 g/mol. The second-order valence-electron chi connectivity index (χ2n) is 4.77. The Bertz CT molecular complexity index is 316. The molecule has 0 unspecified atom stereocenters. The van der Waals surface area contributed by atoms with E-state index in [2.05, 4.69) is 16.6 Å². The lowest BCUT2D eigenvalue weighted by Gasteiger charge is -2.25. The summed E-state index contributed by atoms with van der Waals surface area (Å²) in [6.07, 6.45) is 8.88. The van der Waals surface area contributed by atoms with Gasteiger partial charge in [-0.25, -0.2) is 0 Å². The zero-order valence-electron chi connectivity index (χ0n) is 9.82. The number of hydrogen-bond donors (Lipinski definition) is 1. The Hall–Kier alpha value is -0.540. The molecular formula is C12H20ClN3. The van der Waals surface area contributed by atoms with E-state index in [4.69, 9.17) is 11.6 Å². The summed E-state index contributed by atoms with van der Waals surface area (Å²) in [7, 11) is 1.95. The van der Waals surface area contributed by atoms with Crippen molar-refractivity contribution >= 4 is 11.6 Å². The topological polar surface area (TPSA) is 29.9 Å². The molecule has 1 N–H and O–H groups in total. The lowest BCUT2D eigenvalue weighted by molar-refractivity contribution is 0.345. The highest BCUT2D eigenvalue weighted by Crippen LogP contribution is 2.26. The van der Waals surface area contributed by atoms with Crippen LogP contribution in [0, 0.1) is 5.92 Å². The van der Waals surface area contributed by atoms with Crippen LogP contribution in [0.25, 0.3) is 0 Å². The number of aryl methyl sites for hydroxylation is 1. The molecule has 16 heavy (non-hydrogen) atoms. The average Bonchev–Trinajstić information content (AvgIpc) is 2.67. The van der Waals surface area contributed by atoms with Gasteiger partial charge in [-0.1, -0.05) is 0 Å². The standard InChI is InChI=1S/C12H20ClN3/c1-16-9-11(8-15-16)7-14-6-10-2-4-12(13)5-3-10/h8-10,12,14H,2-7H2,1H3. The number of halogens is 1. The fourth-order valence-corrected chi connectivity index (χ4v) is 2.56. The first-order valence-electron chi connectivity index (χ1n) is 6.06. The highest BCUT2D eigenvalue weighted by Gasteiger charge is 2.18. The highest BCUT2D eigenvalue weighted by molar-refractivity contribution is 6.20. The molecule has 1 saturated carbocycles. The van der Waals surface area contributed by atoms with Crippen molar-refractivity contribution in [1.29, 1.82) is 0 Å².